The normalized spacial score (nSPS) is 16.1. The molecule has 3 heterocycles. The summed E-state index contributed by atoms with van der Waals surface area (Å²) in [5, 5.41) is 25.5. The van der Waals surface area contributed by atoms with Crippen molar-refractivity contribution in [1.82, 2.24) is 24.8 Å². The molecule has 0 saturated carbocycles. The number of alkyl halides is 6. The lowest BCUT2D eigenvalue weighted by molar-refractivity contribution is -0.376. The van der Waals surface area contributed by atoms with Crippen molar-refractivity contribution in [1.29, 1.82) is 0 Å². The molecule has 2 N–H and O–H groups in total. The van der Waals surface area contributed by atoms with E-state index < -0.39 is 23.5 Å². The first-order valence-electron chi connectivity index (χ1n) is 11.6. The topological polar surface area (TPSA) is 80.8 Å². The molecule has 7 nitrogen and oxygen atoms in total. The van der Waals surface area contributed by atoms with Crippen LogP contribution < -0.4 is 5.32 Å². The van der Waals surface area contributed by atoms with Crippen molar-refractivity contribution in [3.05, 3.63) is 71.7 Å². The molecule has 0 bridgehead atoms. The standard InChI is InChI=1S/C25H22F6N6O/c1-14-22-19-8-3-15(16-12-32-36(2)13-16)11-20(19)21(9-10-37(22)35-34-14)33-18-6-4-17(5-7-18)23(38,24(26,27)28)25(29,30)31/h3-8,11-13,21,33,38H,9-10H2,1-2H3. The number of nitrogens with zero attached hydrogens (tertiary/aromatic N) is 5. The molecule has 0 aliphatic carbocycles. The summed E-state index contributed by atoms with van der Waals surface area (Å²) in [6.45, 7) is 2.32. The Bertz CT molecular complexity index is 1460. The summed E-state index contributed by atoms with van der Waals surface area (Å²) < 4.78 is 83.1. The molecule has 13 heteroatoms. The van der Waals surface area contributed by atoms with Crippen molar-refractivity contribution in [3.8, 4) is 22.4 Å². The van der Waals surface area contributed by atoms with Gasteiger partial charge in [0.2, 0.25) is 0 Å². The zero-order valence-electron chi connectivity index (χ0n) is 20.1. The first-order valence-corrected chi connectivity index (χ1v) is 11.6. The molecule has 38 heavy (non-hydrogen) atoms. The second-order valence-electron chi connectivity index (χ2n) is 9.22. The second kappa shape index (κ2) is 8.86. The Morgan fingerprint density at radius 2 is 1.66 bits per heavy atom. The molecule has 1 aliphatic heterocycles. The summed E-state index contributed by atoms with van der Waals surface area (Å²) in [4.78, 5) is 0. The van der Waals surface area contributed by atoms with E-state index in [0.29, 0.717) is 25.1 Å². The molecule has 0 amide bonds. The Morgan fingerprint density at radius 3 is 2.26 bits per heavy atom. The first kappa shape index (κ1) is 25.8. The van der Waals surface area contributed by atoms with E-state index in [4.69, 9.17) is 0 Å². The Hall–Kier alpha value is -3.87. The summed E-state index contributed by atoms with van der Waals surface area (Å²) in [7, 11) is 1.80. The number of aryl methyl sites for hydroxylation is 3. The van der Waals surface area contributed by atoms with Gasteiger partial charge in [0.05, 0.1) is 23.6 Å². The molecule has 1 unspecified atom stereocenters. The minimum Gasteiger partial charge on any atom is -0.378 e. The van der Waals surface area contributed by atoms with Gasteiger partial charge in [0.1, 0.15) is 0 Å². The predicted octanol–water partition coefficient (Wildman–Crippen LogP) is 5.52. The van der Waals surface area contributed by atoms with Crippen molar-refractivity contribution in [3.63, 3.8) is 0 Å². The fourth-order valence-electron chi connectivity index (χ4n) is 4.76. The van der Waals surface area contributed by atoms with Gasteiger partial charge in [0.25, 0.3) is 5.60 Å². The Balaban J connectivity index is 1.53. The number of hydrogen-bond donors (Lipinski definition) is 2. The van der Waals surface area contributed by atoms with E-state index in [2.05, 4.69) is 20.7 Å². The lowest BCUT2D eigenvalue weighted by Gasteiger charge is -2.32. The third-order valence-corrected chi connectivity index (χ3v) is 6.72. The fraction of sp³-hybridized carbons (Fsp3) is 0.320. The number of fused-ring (bicyclic) bond motifs is 3. The van der Waals surface area contributed by atoms with E-state index in [1.807, 2.05) is 31.3 Å². The van der Waals surface area contributed by atoms with E-state index in [-0.39, 0.29) is 11.7 Å². The average Bonchev–Trinajstić information content (AvgIpc) is 3.41. The highest BCUT2D eigenvalue weighted by molar-refractivity contribution is 5.74. The highest BCUT2D eigenvalue weighted by Crippen LogP contribution is 2.50. The van der Waals surface area contributed by atoms with Gasteiger partial charge in [-0.05, 0) is 42.7 Å². The number of aliphatic hydroxyl groups is 1. The number of hydrogen-bond acceptors (Lipinski definition) is 5. The Labute approximate surface area is 212 Å². The van der Waals surface area contributed by atoms with Crippen LogP contribution in [0.15, 0.2) is 54.9 Å². The molecule has 4 aromatic rings. The summed E-state index contributed by atoms with van der Waals surface area (Å²) in [5.41, 5.74) is -0.963. The Morgan fingerprint density at radius 1 is 0.974 bits per heavy atom. The fourth-order valence-corrected chi connectivity index (χ4v) is 4.76. The molecule has 2 aromatic carbocycles. The van der Waals surface area contributed by atoms with Gasteiger partial charge in [-0.2, -0.15) is 31.4 Å². The summed E-state index contributed by atoms with van der Waals surface area (Å²) in [6.07, 6.45) is -7.81. The van der Waals surface area contributed by atoms with Crippen molar-refractivity contribution >= 4 is 5.69 Å². The number of rotatable bonds is 4. The lowest BCUT2D eigenvalue weighted by atomic mass is 9.91. The monoisotopic (exact) mass is 536 g/mol. The van der Waals surface area contributed by atoms with Crippen molar-refractivity contribution in [2.75, 3.05) is 5.32 Å². The van der Waals surface area contributed by atoms with Crippen molar-refractivity contribution in [2.45, 2.75) is 43.9 Å². The van der Waals surface area contributed by atoms with E-state index >= 15 is 0 Å². The number of anilines is 1. The third kappa shape index (κ3) is 4.20. The van der Waals surface area contributed by atoms with Crippen LogP contribution in [-0.4, -0.2) is 42.2 Å². The number of halogens is 6. The molecule has 0 spiro atoms. The molecular weight excluding hydrogens is 514 g/mol. The van der Waals surface area contributed by atoms with Gasteiger partial charge < -0.3 is 10.4 Å². The Kier molecular flexibility index (Phi) is 6.01. The summed E-state index contributed by atoms with van der Waals surface area (Å²) in [5.74, 6) is 0. The lowest BCUT2D eigenvalue weighted by Crippen LogP contribution is -2.53. The van der Waals surface area contributed by atoms with E-state index in [0.717, 1.165) is 45.8 Å². The van der Waals surface area contributed by atoms with Gasteiger partial charge >= 0.3 is 12.4 Å². The molecule has 200 valence electrons. The van der Waals surface area contributed by atoms with Crippen molar-refractivity contribution in [2.24, 2.45) is 7.05 Å². The van der Waals surface area contributed by atoms with Crippen LogP contribution in [0.3, 0.4) is 0 Å². The minimum atomic E-state index is -5.95. The number of benzene rings is 2. The van der Waals surface area contributed by atoms with E-state index in [1.54, 1.807) is 22.6 Å². The van der Waals surface area contributed by atoms with Crippen LogP contribution in [0.25, 0.3) is 22.4 Å². The van der Waals surface area contributed by atoms with Crippen LogP contribution >= 0.6 is 0 Å². The van der Waals surface area contributed by atoms with Gasteiger partial charge in [-0.1, -0.05) is 29.5 Å². The SMILES string of the molecule is Cc1nnn2c1-c1ccc(-c3cnn(C)c3)cc1C(Nc1ccc(C(O)(C(F)(F)F)C(F)(F)F)cc1)CC2. The molecule has 0 radical (unpaired) electrons. The van der Waals surface area contributed by atoms with Gasteiger partial charge in [-0.15, -0.1) is 5.10 Å². The molecule has 2 aromatic heterocycles. The minimum absolute atomic E-state index is 0.289. The van der Waals surface area contributed by atoms with Gasteiger partial charge in [0, 0.05) is 42.2 Å². The molecule has 1 aliphatic rings. The van der Waals surface area contributed by atoms with Crippen LogP contribution in [-0.2, 0) is 19.2 Å². The second-order valence-corrected chi connectivity index (χ2v) is 9.22. The van der Waals surface area contributed by atoms with E-state index in [1.165, 1.54) is 0 Å². The van der Waals surface area contributed by atoms with E-state index in [9.17, 15) is 31.4 Å². The largest absolute Gasteiger partial charge is 0.430 e. The average molecular weight is 536 g/mol. The molecule has 0 saturated heterocycles. The summed E-state index contributed by atoms with van der Waals surface area (Å²) in [6, 6.07) is 8.95. The van der Waals surface area contributed by atoms with Crippen LogP contribution in [0, 0.1) is 6.92 Å². The zero-order valence-corrected chi connectivity index (χ0v) is 20.1. The molecule has 0 fully saturated rings. The number of aromatic nitrogens is 5. The van der Waals surface area contributed by atoms with Gasteiger partial charge in [-0.3, -0.25) is 4.68 Å². The first-order chi connectivity index (χ1) is 17.8. The van der Waals surface area contributed by atoms with Gasteiger partial charge in [0.15, 0.2) is 0 Å². The maximum atomic E-state index is 13.3. The third-order valence-electron chi connectivity index (χ3n) is 6.72. The van der Waals surface area contributed by atoms with Crippen LogP contribution in [0.2, 0.25) is 0 Å². The molecular formula is C25H22F6N6O. The maximum absolute atomic E-state index is 13.3. The van der Waals surface area contributed by atoms with Crippen LogP contribution in [0.5, 0.6) is 0 Å². The summed E-state index contributed by atoms with van der Waals surface area (Å²) >= 11 is 0. The smallest absolute Gasteiger partial charge is 0.378 e. The van der Waals surface area contributed by atoms with Crippen LogP contribution in [0.1, 0.15) is 29.3 Å². The molecule has 1 atom stereocenters. The van der Waals surface area contributed by atoms with Crippen molar-refractivity contribution < 1.29 is 31.4 Å². The number of nitrogens with one attached hydrogen (secondary N) is 1. The highest BCUT2D eigenvalue weighted by Gasteiger charge is 2.71. The highest BCUT2D eigenvalue weighted by atomic mass is 19.4. The maximum Gasteiger partial charge on any atom is 0.430 e. The predicted molar refractivity (Wildman–Crippen MR) is 126 cm³/mol. The van der Waals surface area contributed by atoms with Crippen LogP contribution in [0.4, 0.5) is 32.0 Å². The quantitative estimate of drug-likeness (QED) is 0.336. The van der Waals surface area contributed by atoms with Gasteiger partial charge in [-0.25, -0.2) is 4.68 Å². The zero-order chi connectivity index (χ0) is 27.5. The molecule has 5 rings (SSSR count).